The van der Waals surface area contributed by atoms with Crippen LogP contribution in [0.4, 0.5) is 4.79 Å². The van der Waals surface area contributed by atoms with Crippen molar-refractivity contribution in [2.75, 3.05) is 5.88 Å². The Morgan fingerprint density at radius 3 is 2.60 bits per heavy atom. The number of hydrogen-bond donors (Lipinski definition) is 2. The summed E-state index contributed by atoms with van der Waals surface area (Å²) in [7, 11) is 0. The molecular weight excluding hydrogens is 278 g/mol. The molecule has 0 aliphatic heterocycles. The van der Waals surface area contributed by atoms with Gasteiger partial charge in [-0.2, -0.15) is 0 Å². The van der Waals surface area contributed by atoms with Crippen LogP contribution in [-0.4, -0.2) is 29.2 Å². The third-order valence-corrected chi connectivity index (χ3v) is 3.51. The molecule has 0 spiro atoms. The number of fused-ring (bicyclic) bond motifs is 1. The molecule has 4 nitrogen and oxygen atoms in total. The quantitative estimate of drug-likeness (QED) is 0.816. The largest absolute Gasteiger partial charge is 0.530 e. The van der Waals surface area contributed by atoms with Crippen LogP contribution in [-0.2, 0) is 6.42 Å². The van der Waals surface area contributed by atoms with Gasteiger partial charge in [0.2, 0.25) is 0 Å². The lowest BCUT2D eigenvalue weighted by atomic mass is 9.99. The molecule has 0 aliphatic carbocycles. The van der Waals surface area contributed by atoms with Gasteiger partial charge < -0.3 is 20.3 Å². The van der Waals surface area contributed by atoms with E-state index in [1.807, 2.05) is 42.5 Å². The highest BCUT2D eigenvalue weighted by Crippen LogP contribution is 2.17. The SMILES string of the molecule is O=C([O-])NC(Cc1ccc2ccccc2c1)C(O)CCl. The number of nitrogens with one attached hydrogen (secondary N) is 1. The minimum Gasteiger partial charge on any atom is -0.530 e. The molecule has 2 aromatic rings. The highest BCUT2D eigenvalue weighted by Gasteiger charge is 2.18. The lowest BCUT2D eigenvalue weighted by Crippen LogP contribution is -2.50. The summed E-state index contributed by atoms with van der Waals surface area (Å²) in [6.07, 6.45) is -2.02. The molecule has 0 heterocycles. The fourth-order valence-corrected chi connectivity index (χ4v) is 2.38. The Morgan fingerprint density at radius 1 is 1.25 bits per heavy atom. The molecule has 0 bridgehead atoms. The Hall–Kier alpha value is -1.78. The number of carbonyl (C=O) groups is 1. The zero-order valence-electron chi connectivity index (χ0n) is 10.8. The summed E-state index contributed by atoms with van der Waals surface area (Å²) in [4.78, 5) is 10.7. The number of alkyl halides is 1. The van der Waals surface area contributed by atoms with Crippen LogP contribution >= 0.6 is 11.6 Å². The highest BCUT2D eigenvalue weighted by molar-refractivity contribution is 6.18. The standard InChI is InChI=1S/C15H16ClNO3/c16-9-14(18)13(17-15(19)20)8-10-5-6-11-3-1-2-4-12(11)7-10/h1-7,13-14,17-18H,8-9H2,(H,19,20)/p-1. The maximum absolute atomic E-state index is 10.7. The second kappa shape index (κ2) is 6.59. The van der Waals surface area contributed by atoms with Gasteiger partial charge in [-0.25, -0.2) is 0 Å². The lowest BCUT2D eigenvalue weighted by molar-refractivity contribution is -0.252. The van der Waals surface area contributed by atoms with E-state index in [4.69, 9.17) is 11.6 Å². The van der Waals surface area contributed by atoms with Gasteiger partial charge in [-0.1, -0.05) is 42.5 Å². The summed E-state index contributed by atoms with van der Waals surface area (Å²) < 4.78 is 0. The zero-order chi connectivity index (χ0) is 14.5. The molecule has 2 unspecified atom stereocenters. The molecule has 0 aromatic heterocycles. The van der Waals surface area contributed by atoms with E-state index in [0.29, 0.717) is 6.42 Å². The first-order valence-electron chi connectivity index (χ1n) is 6.29. The smallest absolute Gasteiger partial charge is 0.134 e. The van der Waals surface area contributed by atoms with E-state index in [1.165, 1.54) is 0 Å². The first kappa shape index (κ1) is 14.6. The molecule has 2 N–H and O–H groups in total. The van der Waals surface area contributed by atoms with Crippen molar-refractivity contribution in [2.45, 2.75) is 18.6 Å². The second-order valence-corrected chi connectivity index (χ2v) is 4.95. The van der Waals surface area contributed by atoms with Crippen LogP contribution in [0.3, 0.4) is 0 Å². The number of amides is 1. The molecule has 106 valence electrons. The minimum absolute atomic E-state index is 0.0431. The van der Waals surface area contributed by atoms with Crippen molar-refractivity contribution < 1.29 is 15.0 Å². The number of carboxylic acid groups (broad SMARTS) is 1. The van der Waals surface area contributed by atoms with E-state index in [2.05, 4.69) is 5.32 Å². The van der Waals surface area contributed by atoms with Crippen LogP contribution in [0, 0.1) is 0 Å². The molecule has 0 radical (unpaired) electrons. The topological polar surface area (TPSA) is 72.4 Å². The molecule has 2 atom stereocenters. The van der Waals surface area contributed by atoms with Gasteiger partial charge >= 0.3 is 0 Å². The maximum atomic E-state index is 10.7. The average Bonchev–Trinajstić information content (AvgIpc) is 2.45. The minimum atomic E-state index is -1.42. The van der Waals surface area contributed by atoms with Crippen molar-refractivity contribution in [3.63, 3.8) is 0 Å². The van der Waals surface area contributed by atoms with Gasteiger partial charge in [0.25, 0.3) is 0 Å². The Kier molecular flexibility index (Phi) is 4.82. The predicted octanol–water partition coefficient (Wildman–Crippen LogP) is 1.28. The Balaban J connectivity index is 2.21. The Labute approximate surface area is 122 Å². The fraction of sp³-hybridized carbons (Fsp3) is 0.267. The number of halogens is 1. The van der Waals surface area contributed by atoms with Crippen molar-refractivity contribution in [1.29, 1.82) is 0 Å². The maximum Gasteiger partial charge on any atom is 0.134 e. The number of aliphatic hydroxyl groups is 1. The van der Waals surface area contributed by atoms with E-state index in [0.717, 1.165) is 16.3 Å². The number of carbonyl (C=O) groups excluding carboxylic acids is 1. The molecule has 1 amide bonds. The second-order valence-electron chi connectivity index (χ2n) is 4.65. The van der Waals surface area contributed by atoms with E-state index >= 15 is 0 Å². The molecular formula is C15H15ClNO3-. The van der Waals surface area contributed by atoms with Gasteiger partial charge in [-0.05, 0) is 22.8 Å². The number of rotatable bonds is 5. The van der Waals surface area contributed by atoms with Crippen molar-refractivity contribution in [2.24, 2.45) is 0 Å². The van der Waals surface area contributed by atoms with E-state index in [1.54, 1.807) is 0 Å². The molecule has 0 saturated carbocycles. The summed E-state index contributed by atoms with van der Waals surface area (Å²) in [5.74, 6) is -0.0431. The van der Waals surface area contributed by atoms with Gasteiger partial charge in [0.15, 0.2) is 0 Å². The van der Waals surface area contributed by atoms with Gasteiger partial charge in [0, 0.05) is 0 Å². The van der Waals surface area contributed by atoms with Crippen LogP contribution in [0.1, 0.15) is 5.56 Å². The highest BCUT2D eigenvalue weighted by atomic mass is 35.5. The van der Waals surface area contributed by atoms with Crippen LogP contribution in [0.5, 0.6) is 0 Å². The summed E-state index contributed by atoms with van der Waals surface area (Å²) in [6.45, 7) is 0. The molecule has 2 aromatic carbocycles. The monoisotopic (exact) mass is 292 g/mol. The van der Waals surface area contributed by atoms with Gasteiger partial charge in [-0.3, -0.25) is 0 Å². The first-order chi connectivity index (χ1) is 9.60. The molecule has 0 saturated heterocycles. The molecule has 20 heavy (non-hydrogen) atoms. The molecule has 0 fully saturated rings. The van der Waals surface area contributed by atoms with Crippen molar-refractivity contribution in [3.05, 3.63) is 48.0 Å². The summed E-state index contributed by atoms with van der Waals surface area (Å²) in [5, 5.41) is 24.8. The summed E-state index contributed by atoms with van der Waals surface area (Å²) in [6, 6.07) is 13.1. The fourth-order valence-electron chi connectivity index (χ4n) is 2.16. The summed E-state index contributed by atoms with van der Waals surface area (Å²) >= 11 is 5.59. The molecule has 5 heteroatoms. The third-order valence-electron chi connectivity index (χ3n) is 3.20. The first-order valence-corrected chi connectivity index (χ1v) is 6.83. The van der Waals surface area contributed by atoms with Crippen LogP contribution in [0.25, 0.3) is 10.8 Å². The van der Waals surface area contributed by atoms with Gasteiger partial charge in [0.1, 0.15) is 6.09 Å². The summed E-state index contributed by atoms with van der Waals surface area (Å²) in [5.41, 5.74) is 0.923. The van der Waals surface area contributed by atoms with Crippen LogP contribution < -0.4 is 10.4 Å². The van der Waals surface area contributed by atoms with Gasteiger partial charge in [0.05, 0.1) is 18.0 Å². The van der Waals surface area contributed by atoms with Crippen molar-refractivity contribution in [3.8, 4) is 0 Å². The normalized spacial score (nSPS) is 13.9. The van der Waals surface area contributed by atoms with Crippen molar-refractivity contribution in [1.82, 2.24) is 5.32 Å². The van der Waals surface area contributed by atoms with E-state index < -0.39 is 18.2 Å². The third kappa shape index (κ3) is 3.62. The molecule has 2 rings (SSSR count). The molecule has 0 aliphatic rings. The number of aliphatic hydroxyl groups excluding tert-OH is 1. The van der Waals surface area contributed by atoms with E-state index in [9.17, 15) is 15.0 Å². The zero-order valence-corrected chi connectivity index (χ0v) is 11.5. The lowest BCUT2D eigenvalue weighted by Gasteiger charge is -2.24. The Bertz CT molecular complexity index is 602. The van der Waals surface area contributed by atoms with Crippen molar-refractivity contribution >= 4 is 28.5 Å². The Morgan fingerprint density at radius 2 is 1.95 bits per heavy atom. The van der Waals surface area contributed by atoms with Crippen LogP contribution in [0.15, 0.2) is 42.5 Å². The average molecular weight is 293 g/mol. The van der Waals surface area contributed by atoms with Gasteiger partial charge in [-0.15, -0.1) is 11.6 Å². The van der Waals surface area contributed by atoms with E-state index in [-0.39, 0.29) is 5.88 Å². The van der Waals surface area contributed by atoms with Crippen LogP contribution in [0.2, 0.25) is 0 Å². The predicted molar refractivity (Wildman–Crippen MR) is 76.7 cm³/mol. The number of hydrogen-bond acceptors (Lipinski definition) is 3. The number of benzene rings is 2.